The van der Waals surface area contributed by atoms with Crippen LogP contribution in [0.2, 0.25) is 0 Å². The third kappa shape index (κ3) is 3.53. The van der Waals surface area contributed by atoms with Gasteiger partial charge < -0.3 is 10.1 Å². The second kappa shape index (κ2) is 7.09. The van der Waals surface area contributed by atoms with E-state index in [9.17, 15) is 0 Å². The highest BCUT2D eigenvalue weighted by Gasteiger charge is 2.26. The van der Waals surface area contributed by atoms with E-state index in [1.807, 2.05) is 0 Å². The zero-order valence-electron chi connectivity index (χ0n) is 13.3. The van der Waals surface area contributed by atoms with Crippen LogP contribution in [0.4, 0.5) is 0 Å². The van der Waals surface area contributed by atoms with E-state index in [-0.39, 0.29) is 0 Å². The highest BCUT2D eigenvalue weighted by atomic mass is 16.5. The van der Waals surface area contributed by atoms with E-state index in [2.05, 4.69) is 49.2 Å². The molecule has 112 valence electrons. The van der Waals surface area contributed by atoms with Crippen LogP contribution in [-0.2, 0) is 0 Å². The molecule has 1 aromatic rings. The Morgan fingerprint density at radius 1 is 1.20 bits per heavy atom. The van der Waals surface area contributed by atoms with Gasteiger partial charge in [-0.1, -0.05) is 31.5 Å². The van der Waals surface area contributed by atoms with Gasteiger partial charge in [-0.2, -0.15) is 0 Å². The first-order chi connectivity index (χ1) is 9.63. The zero-order valence-corrected chi connectivity index (χ0v) is 13.3. The van der Waals surface area contributed by atoms with E-state index in [0.717, 1.165) is 31.9 Å². The summed E-state index contributed by atoms with van der Waals surface area (Å²) in [5, 5.41) is 3.49. The van der Waals surface area contributed by atoms with E-state index in [4.69, 9.17) is 4.74 Å². The molecule has 20 heavy (non-hydrogen) atoms. The van der Waals surface area contributed by atoms with Crippen molar-refractivity contribution >= 4 is 0 Å². The minimum absolute atomic E-state index is 0.435. The molecule has 1 N–H and O–H groups in total. The molecule has 1 aromatic carbocycles. The van der Waals surface area contributed by atoms with Gasteiger partial charge >= 0.3 is 0 Å². The minimum atomic E-state index is 0.435. The number of methoxy groups -OCH3 is 1. The number of rotatable bonds is 4. The molecule has 1 saturated heterocycles. The molecule has 1 heterocycles. The molecule has 2 rings (SSSR count). The molecule has 1 atom stereocenters. The standard InChI is InChI=1S/C17H28N2O/c1-13(2)17(19-10-5-8-18-9-11-19)15-12-14(3)6-7-16(15)20-4/h6-7,12-13,17-18H,5,8-11H2,1-4H3. The number of aryl methyl sites for hydroxylation is 1. The predicted octanol–water partition coefficient (Wildman–Crippen LogP) is 3.00. The lowest BCUT2D eigenvalue weighted by molar-refractivity contribution is 0.162. The third-order valence-corrected chi connectivity index (χ3v) is 4.10. The number of hydrogen-bond donors (Lipinski definition) is 1. The molecule has 1 aliphatic heterocycles. The molecular weight excluding hydrogens is 248 g/mol. The Hall–Kier alpha value is -1.06. The number of nitrogens with one attached hydrogen (secondary N) is 1. The lowest BCUT2D eigenvalue weighted by atomic mass is 9.92. The van der Waals surface area contributed by atoms with Gasteiger partial charge in [0, 0.05) is 31.2 Å². The fourth-order valence-corrected chi connectivity index (χ4v) is 3.21. The van der Waals surface area contributed by atoms with Gasteiger partial charge in [0.05, 0.1) is 7.11 Å². The number of benzene rings is 1. The van der Waals surface area contributed by atoms with Gasteiger partial charge in [0.15, 0.2) is 0 Å². The second-order valence-electron chi connectivity index (χ2n) is 6.07. The van der Waals surface area contributed by atoms with Gasteiger partial charge in [-0.3, -0.25) is 4.90 Å². The Morgan fingerprint density at radius 2 is 2.00 bits per heavy atom. The molecule has 1 aliphatic rings. The average molecular weight is 276 g/mol. The summed E-state index contributed by atoms with van der Waals surface area (Å²) in [6, 6.07) is 6.96. The Morgan fingerprint density at radius 3 is 2.70 bits per heavy atom. The molecule has 1 fully saturated rings. The lowest BCUT2D eigenvalue weighted by Gasteiger charge is -2.34. The SMILES string of the molecule is COc1ccc(C)cc1C(C(C)C)N1CCCNCC1. The summed E-state index contributed by atoms with van der Waals surface area (Å²) >= 11 is 0. The Balaban J connectivity index is 2.34. The van der Waals surface area contributed by atoms with Gasteiger partial charge in [0.2, 0.25) is 0 Å². The van der Waals surface area contributed by atoms with Gasteiger partial charge in [-0.05, 0) is 31.9 Å². The van der Waals surface area contributed by atoms with E-state index in [0.29, 0.717) is 12.0 Å². The fraction of sp³-hybridized carbons (Fsp3) is 0.647. The quantitative estimate of drug-likeness (QED) is 0.915. The Bertz CT molecular complexity index is 423. The molecule has 3 nitrogen and oxygen atoms in total. The molecule has 0 saturated carbocycles. The van der Waals surface area contributed by atoms with Crippen molar-refractivity contribution in [3.8, 4) is 5.75 Å². The van der Waals surface area contributed by atoms with Crippen LogP contribution in [-0.4, -0.2) is 38.2 Å². The highest BCUT2D eigenvalue weighted by Crippen LogP contribution is 2.35. The Kier molecular flexibility index (Phi) is 5.44. The van der Waals surface area contributed by atoms with Crippen molar-refractivity contribution in [3.05, 3.63) is 29.3 Å². The van der Waals surface area contributed by atoms with Crippen LogP contribution in [0.25, 0.3) is 0 Å². The number of nitrogens with zero attached hydrogens (tertiary/aromatic N) is 1. The topological polar surface area (TPSA) is 24.5 Å². The first kappa shape index (κ1) is 15.3. The molecule has 0 aliphatic carbocycles. The Labute approximate surface area is 123 Å². The van der Waals surface area contributed by atoms with Gasteiger partial charge in [0.25, 0.3) is 0 Å². The number of ether oxygens (including phenoxy) is 1. The van der Waals surface area contributed by atoms with Crippen LogP contribution < -0.4 is 10.1 Å². The van der Waals surface area contributed by atoms with E-state index in [1.54, 1.807) is 7.11 Å². The van der Waals surface area contributed by atoms with Crippen molar-refractivity contribution in [1.29, 1.82) is 0 Å². The molecular formula is C17H28N2O. The first-order valence-electron chi connectivity index (χ1n) is 7.72. The van der Waals surface area contributed by atoms with Crippen LogP contribution in [0, 0.1) is 12.8 Å². The fourth-order valence-electron chi connectivity index (χ4n) is 3.21. The summed E-state index contributed by atoms with van der Waals surface area (Å²) < 4.78 is 5.61. The smallest absolute Gasteiger partial charge is 0.123 e. The maximum Gasteiger partial charge on any atom is 0.123 e. The summed E-state index contributed by atoms with van der Waals surface area (Å²) in [6.07, 6.45) is 1.22. The monoisotopic (exact) mass is 276 g/mol. The van der Waals surface area contributed by atoms with E-state index < -0.39 is 0 Å². The molecule has 3 heteroatoms. The van der Waals surface area contributed by atoms with Gasteiger partial charge in [-0.25, -0.2) is 0 Å². The summed E-state index contributed by atoms with van der Waals surface area (Å²) in [5.74, 6) is 1.59. The maximum absolute atomic E-state index is 5.61. The molecule has 0 amide bonds. The van der Waals surface area contributed by atoms with E-state index in [1.165, 1.54) is 17.5 Å². The molecule has 0 bridgehead atoms. The summed E-state index contributed by atoms with van der Waals surface area (Å²) in [7, 11) is 1.77. The van der Waals surface area contributed by atoms with Crippen molar-refractivity contribution in [2.24, 2.45) is 5.92 Å². The van der Waals surface area contributed by atoms with Crippen molar-refractivity contribution in [2.75, 3.05) is 33.3 Å². The average Bonchev–Trinajstić information content (AvgIpc) is 2.68. The van der Waals surface area contributed by atoms with Gasteiger partial charge in [-0.15, -0.1) is 0 Å². The summed E-state index contributed by atoms with van der Waals surface area (Å²) in [6.45, 7) is 11.3. The van der Waals surface area contributed by atoms with Crippen LogP contribution in [0.1, 0.15) is 37.4 Å². The maximum atomic E-state index is 5.61. The second-order valence-corrected chi connectivity index (χ2v) is 6.07. The zero-order chi connectivity index (χ0) is 14.5. The first-order valence-corrected chi connectivity index (χ1v) is 7.72. The van der Waals surface area contributed by atoms with E-state index >= 15 is 0 Å². The van der Waals surface area contributed by atoms with Crippen LogP contribution in [0.3, 0.4) is 0 Å². The molecule has 1 unspecified atom stereocenters. The van der Waals surface area contributed by atoms with Crippen LogP contribution in [0.15, 0.2) is 18.2 Å². The summed E-state index contributed by atoms with van der Waals surface area (Å²) in [4.78, 5) is 2.61. The molecule has 0 spiro atoms. The van der Waals surface area contributed by atoms with Gasteiger partial charge in [0.1, 0.15) is 5.75 Å². The van der Waals surface area contributed by atoms with Crippen molar-refractivity contribution in [2.45, 2.75) is 33.2 Å². The summed E-state index contributed by atoms with van der Waals surface area (Å²) in [5.41, 5.74) is 2.64. The van der Waals surface area contributed by atoms with Crippen molar-refractivity contribution in [3.63, 3.8) is 0 Å². The molecule has 0 radical (unpaired) electrons. The minimum Gasteiger partial charge on any atom is -0.496 e. The largest absolute Gasteiger partial charge is 0.496 e. The highest BCUT2D eigenvalue weighted by molar-refractivity contribution is 5.39. The van der Waals surface area contributed by atoms with Crippen molar-refractivity contribution in [1.82, 2.24) is 10.2 Å². The third-order valence-electron chi connectivity index (χ3n) is 4.10. The molecule has 0 aromatic heterocycles. The van der Waals surface area contributed by atoms with Crippen molar-refractivity contribution < 1.29 is 4.74 Å². The predicted molar refractivity (Wildman–Crippen MR) is 84.4 cm³/mol. The van der Waals surface area contributed by atoms with Crippen LogP contribution in [0.5, 0.6) is 5.75 Å². The van der Waals surface area contributed by atoms with Crippen LogP contribution >= 0.6 is 0 Å². The normalized spacial score (nSPS) is 18.9. The lowest BCUT2D eigenvalue weighted by Crippen LogP contribution is -2.35. The number of hydrogen-bond acceptors (Lipinski definition) is 3.